The second-order valence-electron chi connectivity index (χ2n) is 6.25. The topological polar surface area (TPSA) is 91.0 Å². The van der Waals surface area contributed by atoms with Gasteiger partial charge in [0.05, 0.1) is 6.04 Å². The Bertz CT molecular complexity index is 359. The minimum atomic E-state index is -0.342. The third-order valence-corrected chi connectivity index (χ3v) is 4.73. The van der Waals surface area contributed by atoms with Crippen molar-refractivity contribution in [1.82, 2.24) is 10.2 Å². The first kappa shape index (κ1) is 15.9. The van der Waals surface area contributed by atoms with Gasteiger partial charge in [0.2, 0.25) is 0 Å². The number of hydrogen-bond donors (Lipinski definition) is 3. The highest BCUT2D eigenvalue weighted by molar-refractivity contribution is 5.89. The van der Waals surface area contributed by atoms with Gasteiger partial charge in [-0.05, 0) is 31.6 Å². The molecule has 6 nitrogen and oxygen atoms in total. The molecular weight excluding hydrogens is 268 g/mol. The van der Waals surface area contributed by atoms with Gasteiger partial charge < -0.3 is 21.2 Å². The lowest BCUT2D eigenvalue weighted by Crippen LogP contribution is -2.53. The van der Waals surface area contributed by atoms with Gasteiger partial charge in [-0.1, -0.05) is 37.3 Å². The highest BCUT2D eigenvalue weighted by Crippen LogP contribution is 2.27. The molecule has 2 rings (SSSR count). The van der Waals surface area contributed by atoms with Crippen LogP contribution in [0.1, 0.15) is 57.8 Å². The number of carbonyl (C=O) groups excluding carboxylic acids is 1. The standard InChI is InChI=1S/C15H28N4O2/c16-14(18-21)13(12-8-4-3-5-9-12)17-15(20)19-10-6-1-2-7-11-19/h12-13,21H,1-11H2,(H2,16,18)(H,17,20). The predicted molar refractivity (Wildman–Crippen MR) is 82.3 cm³/mol. The lowest BCUT2D eigenvalue weighted by atomic mass is 9.83. The van der Waals surface area contributed by atoms with Crippen molar-refractivity contribution in [3.63, 3.8) is 0 Å². The lowest BCUT2D eigenvalue weighted by molar-refractivity contribution is 0.191. The average molecular weight is 296 g/mol. The Hall–Kier alpha value is -1.46. The van der Waals surface area contributed by atoms with E-state index >= 15 is 0 Å². The van der Waals surface area contributed by atoms with E-state index in [-0.39, 0.29) is 23.8 Å². The minimum absolute atomic E-state index is 0.0703. The molecule has 2 fully saturated rings. The Morgan fingerprint density at radius 1 is 1.10 bits per heavy atom. The number of carbonyl (C=O) groups is 1. The van der Waals surface area contributed by atoms with Crippen molar-refractivity contribution in [2.75, 3.05) is 13.1 Å². The number of oxime groups is 1. The molecule has 1 saturated carbocycles. The van der Waals surface area contributed by atoms with Crippen LogP contribution in [-0.2, 0) is 0 Å². The van der Waals surface area contributed by atoms with Crippen molar-refractivity contribution < 1.29 is 10.0 Å². The van der Waals surface area contributed by atoms with E-state index in [0.29, 0.717) is 0 Å². The molecule has 120 valence electrons. The third kappa shape index (κ3) is 4.51. The molecule has 1 aliphatic carbocycles. The molecule has 2 amide bonds. The van der Waals surface area contributed by atoms with Crippen molar-refractivity contribution in [1.29, 1.82) is 0 Å². The smallest absolute Gasteiger partial charge is 0.317 e. The van der Waals surface area contributed by atoms with Crippen LogP contribution < -0.4 is 11.1 Å². The van der Waals surface area contributed by atoms with Crippen LogP contribution in [0.3, 0.4) is 0 Å². The van der Waals surface area contributed by atoms with Crippen molar-refractivity contribution in [2.45, 2.75) is 63.8 Å². The number of likely N-dealkylation sites (tertiary alicyclic amines) is 1. The summed E-state index contributed by atoms with van der Waals surface area (Å²) in [5, 5.41) is 15.2. The summed E-state index contributed by atoms with van der Waals surface area (Å²) >= 11 is 0. The summed E-state index contributed by atoms with van der Waals surface area (Å²) in [4.78, 5) is 14.3. The summed E-state index contributed by atoms with van der Waals surface area (Å²) in [6, 6.07) is -0.412. The Labute approximate surface area is 126 Å². The Balaban J connectivity index is 1.98. The maximum Gasteiger partial charge on any atom is 0.317 e. The van der Waals surface area contributed by atoms with Crippen LogP contribution >= 0.6 is 0 Å². The van der Waals surface area contributed by atoms with Gasteiger partial charge in [-0.3, -0.25) is 0 Å². The van der Waals surface area contributed by atoms with Crippen LogP contribution in [0.25, 0.3) is 0 Å². The van der Waals surface area contributed by atoms with Gasteiger partial charge in [0, 0.05) is 13.1 Å². The molecule has 1 saturated heterocycles. The van der Waals surface area contributed by atoms with E-state index in [1.54, 1.807) is 0 Å². The zero-order valence-electron chi connectivity index (χ0n) is 12.8. The van der Waals surface area contributed by atoms with Gasteiger partial charge in [0.1, 0.15) is 0 Å². The minimum Gasteiger partial charge on any atom is -0.409 e. The summed E-state index contributed by atoms with van der Waals surface area (Å²) in [5.74, 6) is 0.413. The summed E-state index contributed by atoms with van der Waals surface area (Å²) in [6.45, 7) is 1.61. The number of nitrogens with one attached hydrogen (secondary N) is 1. The fraction of sp³-hybridized carbons (Fsp3) is 0.867. The molecule has 1 aliphatic heterocycles. The van der Waals surface area contributed by atoms with Crippen molar-refractivity contribution in [2.24, 2.45) is 16.8 Å². The first-order valence-electron chi connectivity index (χ1n) is 8.25. The summed E-state index contributed by atoms with van der Waals surface area (Å²) in [6.07, 6.45) is 10.1. The number of amides is 2. The van der Waals surface area contributed by atoms with E-state index in [1.807, 2.05) is 4.90 Å². The number of rotatable bonds is 3. The summed E-state index contributed by atoms with van der Waals surface area (Å²) < 4.78 is 0. The van der Waals surface area contributed by atoms with Crippen molar-refractivity contribution >= 4 is 11.9 Å². The number of amidine groups is 1. The zero-order chi connectivity index (χ0) is 15.1. The summed E-state index contributed by atoms with van der Waals surface area (Å²) in [5.41, 5.74) is 5.82. The number of urea groups is 1. The van der Waals surface area contributed by atoms with E-state index in [9.17, 15) is 4.79 Å². The molecule has 1 heterocycles. The quantitative estimate of drug-likeness (QED) is 0.323. The maximum atomic E-state index is 12.4. The first-order chi connectivity index (χ1) is 10.2. The fourth-order valence-corrected chi connectivity index (χ4v) is 3.46. The molecule has 1 atom stereocenters. The number of nitrogens with zero attached hydrogens (tertiary/aromatic N) is 2. The van der Waals surface area contributed by atoms with Gasteiger partial charge in [-0.25, -0.2) is 4.79 Å². The number of nitrogens with two attached hydrogens (primary N) is 1. The van der Waals surface area contributed by atoms with Gasteiger partial charge in [0.25, 0.3) is 0 Å². The molecular formula is C15H28N4O2. The maximum absolute atomic E-state index is 12.4. The van der Waals surface area contributed by atoms with E-state index in [0.717, 1.165) is 51.6 Å². The molecule has 2 aliphatic rings. The monoisotopic (exact) mass is 296 g/mol. The van der Waals surface area contributed by atoms with Crippen LogP contribution in [0.2, 0.25) is 0 Å². The first-order valence-corrected chi connectivity index (χ1v) is 8.25. The SMILES string of the molecule is NC(=NO)C(NC(=O)N1CCCCCC1)C1CCCCC1. The van der Waals surface area contributed by atoms with E-state index in [2.05, 4.69) is 10.5 Å². The van der Waals surface area contributed by atoms with Crippen LogP contribution in [0, 0.1) is 5.92 Å². The Kier molecular flexibility index (Phi) is 6.14. The fourth-order valence-electron chi connectivity index (χ4n) is 3.46. The van der Waals surface area contributed by atoms with Gasteiger partial charge >= 0.3 is 6.03 Å². The second kappa shape index (κ2) is 8.10. The van der Waals surface area contributed by atoms with Gasteiger partial charge in [-0.2, -0.15) is 0 Å². The van der Waals surface area contributed by atoms with E-state index < -0.39 is 0 Å². The van der Waals surface area contributed by atoms with Gasteiger partial charge in [-0.15, -0.1) is 0 Å². The largest absolute Gasteiger partial charge is 0.409 e. The molecule has 0 bridgehead atoms. The molecule has 0 spiro atoms. The van der Waals surface area contributed by atoms with Crippen molar-refractivity contribution in [3.05, 3.63) is 0 Å². The highest BCUT2D eigenvalue weighted by atomic mass is 16.4. The van der Waals surface area contributed by atoms with Crippen LogP contribution in [-0.4, -0.2) is 41.1 Å². The Morgan fingerprint density at radius 3 is 2.24 bits per heavy atom. The Morgan fingerprint density at radius 2 is 1.67 bits per heavy atom. The molecule has 21 heavy (non-hydrogen) atoms. The van der Waals surface area contributed by atoms with Crippen LogP contribution in [0.5, 0.6) is 0 Å². The molecule has 0 aromatic heterocycles. The highest BCUT2D eigenvalue weighted by Gasteiger charge is 2.30. The van der Waals surface area contributed by atoms with Crippen molar-refractivity contribution in [3.8, 4) is 0 Å². The molecule has 0 aromatic carbocycles. The molecule has 4 N–H and O–H groups in total. The zero-order valence-corrected chi connectivity index (χ0v) is 12.8. The van der Waals surface area contributed by atoms with Gasteiger partial charge in [0.15, 0.2) is 5.84 Å². The van der Waals surface area contributed by atoms with Crippen LogP contribution in [0.15, 0.2) is 5.16 Å². The molecule has 0 aromatic rings. The second-order valence-corrected chi connectivity index (χ2v) is 6.25. The lowest BCUT2D eigenvalue weighted by Gasteiger charge is -2.32. The normalized spacial score (nSPS) is 23.4. The third-order valence-electron chi connectivity index (χ3n) is 4.73. The average Bonchev–Trinajstić information content (AvgIpc) is 2.82. The summed E-state index contributed by atoms with van der Waals surface area (Å²) in [7, 11) is 0. The molecule has 1 unspecified atom stereocenters. The van der Waals surface area contributed by atoms with E-state index in [4.69, 9.17) is 10.9 Å². The van der Waals surface area contributed by atoms with E-state index in [1.165, 1.54) is 19.3 Å². The predicted octanol–water partition coefficient (Wildman–Crippen LogP) is 2.27. The molecule has 6 heteroatoms. The van der Waals surface area contributed by atoms with Crippen LogP contribution in [0.4, 0.5) is 4.79 Å². The molecule has 0 radical (unpaired) electrons. The number of hydrogen-bond acceptors (Lipinski definition) is 3.